The topological polar surface area (TPSA) is 243 Å². The average Bonchev–Trinajstić information content (AvgIpc) is 0.782. The van der Waals surface area contributed by atoms with Gasteiger partial charge in [-0.15, -0.1) is 0 Å². The Bertz CT molecular complexity index is 2480. The van der Waals surface area contributed by atoms with Crippen molar-refractivity contribution in [3.63, 3.8) is 0 Å². The minimum absolute atomic E-state index is 0.0885. The van der Waals surface area contributed by atoms with E-state index >= 15 is 0 Å². The fourth-order valence-electron chi connectivity index (χ4n) is 14.0. The highest BCUT2D eigenvalue weighted by Gasteiger charge is 2.26. The van der Waals surface area contributed by atoms with Crippen LogP contribution in [0, 0.1) is 10.8 Å². The van der Waals surface area contributed by atoms with E-state index in [9.17, 15) is 0 Å². The number of ether oxygens (including phenoxy) is 4. The van der Waals surface area contributed by atoms with E-state index in [1.54, 1.807) is 23.5 Å². The summed E-state index contributed by atoms with van der Waals surface area (Å²) < 4.78 is 29.5. The summed E-state index contributed by atoms with van der Waals surface area (Å²) in [5.41, 5.74) is 33.9. The lowest BCUT2D eigenvalue weighted by molar-refractivity contribution is -0.291. The number of nitrogens with two attached hydrogens (primary N) is 4. The molecule has 5 rings (SSSR count). The van der Waals surface area contributed by atoms with Gasteiger partial charge in [-0.25, -0.2) is 10.8 Å². The first-order chi connectivity index (χ1) is 48.8. The highest BCUT2D eigenvalue weighted by Crippen LogP contribution is 2.43. The van der Waals surface area contributed by atoms with Gasteiger partial charge < -0.3 is 30.4 Å². The van der Waals surface area contributed by atoms with Crippen LogP contribution in [0.5, 0.6) is 23.0 Å². The lowest BCUT2D eigenvalue weighted by Crippen LogP contribution is -2.68. The molecule has 0 heterocycles. The molecular formula is C84H140N8O4S4+4. The largest absolute Gasteiger partial charge is 0.493 e. The molecule has 0 saturated carbocycles. The second-order valence-electron chi connectivity index (χ2n) is 28.6. The summed E-state index contributed by atoms with van der Waals surface area (Å²) in [4.78, 5) is 0. The number of hydrogen-bond donors (Lipinski definition) is 8. The van der Waals surface area contributed by atoms with Crippen LogP contribution in [0.3, 0.4) is 0 Å². The van der Waals surface area contributed by atoms with Gasteiger partial charge in [0.05, 0.1) is 26.4 Å². The van der Waals surface area contributed by atoms with Gasteiger partial charge in [-0.2, -0.15) is 0 Å². The van der Waals surface area contributed by atoms with Crippen LogP contribution in [0.4, 0.5) is 0 Å². The zero-order chi connectivity index (χ0) is 71.6. The van der Waals surface area contributed by atoms with E-state index in [2.05, 4.69) is 87.7 Å². The Balaban J connectivity index is 1.76. The van der Waals surface area contributed by atoms with Crippen molar-refractivity contribution in [2.24, 2.45) is 11.5 Å². The number of rotatable bonds is 56. The number of fused-ring (bicyclic) bond motifs is 8. The van der Waals surface area contributed by atoms with Crippen molar-refractivity contribution in [2.75, 3.05) is 26.4 Å². The Labute approximate surface area is 625 Å². The second-order valence-corrected chi connectivity index (χ2v) is 32.9. The van der Waals surface area contributed by atoms with E-state index in [4.69, 9.17) is 52.1 Å². The van der Waals surface area contributed by atoms with Gasteiger partial charge in [0.15, 0.2) is 10.3 Å². The molecule has 0 spiro atoms. The first-order valence-electron chi connectivity index (χ1n) is 40.0. The van der Waals surface area contributed by atoms with E-state index in [-0.39, 0.29) is 10.3 Å². The van der Waals surface area contributed by atoms with E-state index in [0.29, 0.717) is 85.5 Å². The number of quaternary nitrogens is 2. The molecule has 16 heteroatoms. The monoisotopic (exact) mass is 1450 g/mol. The molecule has 0 amide bonds. The van der Waals surface area contributed by atoms with Gasteiger partial charge in [-0.1, -0.05) is 331 Å². The van der Waals surface area contributed by atoms with Crippen LogP contribution in [0.1, 0.15) is 351 Å². The average molecular weight is 1450 g/mol. The van der Waals surface area contributed by atoms with Gasteiger partial charge >= 0.3 is 10.3 Å². The van der Waals surface area contributed by atoms with Crippen molar-refractivity contribution < 1.29 is 41.2 Å². The molecule has 0 unspecified atom stereocenters. The number of hydrogen-bond acceptors (Lipinski definition) is 10. The summed E-state index contributed by atoms with van der Waals surface area (Å²) in [6.45, 7) is 11.6. The first-order valence-corrected chi connectivity index (χ1v) is 43.9. The summed E-state index contributed by atoms with van der Waals surface area (Å²) in [6.07, 6.45) is 52.0. The standard InChI is InChI=1S/C84H136N8O4S4/c1-5-9-13-17-21-25-29-33-37-41-45-93-77-69-49-65(61-97-81(85)86)50-70(77)58-72-52-67(63-99-83(89)90)54-74(79(72)95-47-43-39-35-31-27-23-19-15-11-7-3)60-76-56-68(64-100-84(91)92)55-75(80(76)96-48-44-40-36-32-28-24-20-16-12-8-4)59-73-53-66(62-98-82(87)88)51-71(57-69)78(73)94-46-42-38-34-30-26-22-18-14-10-6-2/h49-56H,5-48,57-64H2,1-4H3,(H3,85,86)(H3,87,88)(H3,89,90)(H3,91,92)/p+4. The van der Waals surface area contributed by atoms with Crippen LogP contribution in [0.2, 0.25) is 0 Å². The molecule has 0 saturated heterocycles. The first kappa shape index (κ1) is 86.3. The molecule has 0 fully saturated rings. The summed E-state index contributed by atoms with van der Waals surface area (Å²) in [6, 6.07) is 18.7. The highest BCUT2D eigenvalue weighted by atomic mass is 32.2. The number of amidine groups is 4. The molecule has 1 aliphatic rings. The Morgan fingerprint density at radius 3 is 0.620 bits per heavy atom. The van der Waals surface area contributed by atoms with Crippen molar-refractivity contribution in [2.45, 2.75) is 333 Å². The summed E-state index contributed by atoms with van der Waals surface area (Å²) in [7, 11) is 0. The summed E-state index contributed by atoms with van der Waals surface area (Å²) in [5.74, 6) is 6.03. The van der Waals surface area contributed by atoms with Crippen molar-refractivity contribution in [3.05, 3.63) is 115 Å². The lowest BCUT2D eigenvalue weighted by Gasteiger charge is -2.25. The molecule has 100 heavy (non-hydrogen) atoms. The van der Waals surface area contributed by atoms with Gasteiger partial charge in [0.25, 0.3) is 0 Å². The number of thioether (sulfide) groups is 4. The molecule has 0 aromatic heterocycles. The highest BCUT2D eigenvalue weighted by molar-refractivity contribution is 8.13. The lowest BCUT2D eigenvalue weighted by atomic mass is 9.88. The third-order valence-electron chi connectivity index (χ3n) is 19.3. The van der Waals surface area contributed by atoms with Crippen LogP contribution < -0.4 is 52.7 Å². The van der Waals surface area contributed by atoms with Crippen molar-refractivity contribution >= 4 is 67.7 Å². The van der Waals surface area contributed by atoms with Crippen molar-refractivity contribution in [1.82, 2.24) is 0 Å². The SMILES string of the molecule is CCCCCCCCCCCCOc1c2cc(CSC(=N)N)cc1Cc1cc(CSC(=[NH2+])[NH3+])cc(c1OCCCCCCCCCCCC)Cc1cc(CSC(=[NH2+])[NH3+])cc(c1OCCCCCCCCCCCC)Cc1cc(CSC(=N)N)cc(c1OCCCCCCCCCCCC)C2. The maximum absolute atomic E-state index is 8.47. The molecule has 16 N–H and O–H groups in total. The minimum Gasteiger partial charge on any atom is -0.493 e. The smallest absolute Gasteiger partial charge is 0.392 e. The Morgan fingerprint density at radius 1 is 0.300 bits per heavy atom. The van der Waals surface area contributed by atoms with E-state index in [0.717, 1.165) is 141 Å². The fourth-order valence-corrected chi connectivity index (χ4v) is 16.0. The minimum atomic E-state index is 0.0885. The maximum Gasteiger partial charge on any atom is 0.392 e. The zero-order valence-corrected chi connectivity index (χ0v) is 66.6. The third-order valence-corrected chi connectivity index (χ3v) is 22.6. The van der Waals surface area contributed by atoms with E-state index in [1.165, 1.54) is 229 Å². The maximum atomic E-state index is 8.47. The fraction of sp³-hybridized carbons (Fsp3) is 0.667. The van der Waals surface area contributed by atoms with Crippen molar-refractivity contribution in [1.29, 1.82) is 10.8 Å². The number of benzene rings is 4. The molecule has 0 radical (unpaired) electrons. The third kappa shape index (κ3) is 36.9. The predicted octanol–water partition coefficient (Wildman–Crippen LogP) is 19.0. The van der Waals surface area contributed by atoms with E-state index < -0.39 is 0 Å². The molecular weight excluding hydrogens is 1310 g/mol. The Morgan fingerprint density at radius 2 is 0.460 bits per heavy atom. The molecule has 8 bridgehead atoms. The normalized spacial score (nSPS) is 12.1. The van der Waals surface area contributed by atoms with Crippen LogP contribution >= 0.6 is 47.0 Å². The predicted molar refractivity (Wildman–Crippen MR) is 435 cm³/mol. The quantitative estimate of drug-likeness (QED) is 0.0104. The Kier molecular flexibility index (Phi) is 46.9. The van der Waals surface area contributed by atoms with Crippen LogP contribution in [0.15, 0.2) is 48.5 Å². The van der Waals surface area contributed by atoms with Crippen LogP contribution in [-0.2, 0) is 48.7 Å². The summed E-state index contributed by atoms with van der Waals surface area (Å²) in [5, 5.41) is 31.1. The zero-order valence-electron chi connectivity index (χ0n) is 63.4. The van der Waals surface area contributed by atoms with Crippen LogP contribution in [0.25, 0.3) is 0 Å². The molecule has 560 valence electrons. The van der Waals surface area contributed by atoms with Gasteiger partial charge in [-0.05, 0) is 92.4 Å². The number of unbranched alkanes of at least 4 members (excludes halogenated alkanes) is 36. The van der Waals surface area contributed by atoms with Crippen LogP contribution in [-0.4, -0.2) is 47.1 Å². The van der Waals surface area contributed by atoms with Gasteiger partial charge in [0, 0.05) is 72.2 Å². The van der Waals surface area contributed by atoms with Gasteiger partial charge in [-0.3, -0.25) is 22.3 Å². The number of nitrogens with one attached hydrogen (secondary N) is 2. The molecule has 1 aliphatic carbocycles. The van der Waals surface area contributed by atoms with Crippen molar-refractivity contribution in [3.8, 4) is 23.0 Å². The molecule has 4 aromatic rings. The van der Waals surface area contributed by atoms with Gasteiger partial charge in [0.1, 0.15) is 23.0 Å². The Hall–Kier alpha value is -4.32. The molecule has 4 aromatic carbocycles. The molecule has 0 aliphatic heterocycles. The van der Waals surface area contributed by atoms with E-state index in [1.807, 2.05) is 0 Å². The molecule has 12 nitrogen and oxygen atoms in total. The summed E-state index contributed by atoms with van der Waals surface area (Å²) >= 11 is 5.86. The molecule has 0 atom stereocenters. The van der Waals surface area contributed by atoms with Gasteiger partial charge in [0.2, 0.25) is 0 Å². The second kappa shape index (κ2) is 54.3.